The molecule has 1 rings (SSSR count). The molecule has 7 heteroatoms. The first-order valence-corrected chi connectivity index (χ1v) is 6.94. The Balaban J connectivity index is 2.28. The van der Waals surface area contributed by atoms with E-state index in [9.17, 15) is 19.5 Å². The fourth-order valence-electron chi connectivity index (χ4n) is 1.62. The third-order valence-corrected chi connectivity index (χ3v) is 3.02. The van der Waals surface area contributed by atoms with Crippen LogP contribution in [0, 0.1) is 0 Å². The highest BCUT2D eigenvalue weighted by molar-refractivity contribution is 5.85. The molecule has 0 spiro atoms. The number of ether oxygens (including phenoxy) is 1. The summed E-state index contributed by atoms with van der Waals surface area (Å²) in [5.74, 6) is -2.34. The van der Waals surface area contributed by atoms with Crippen molar-refractivity contribution < 1.29 is 30.0 Å². The highest BCUT2D eigenvalue weighted by Crippen LogP contribution is 2.03. The summed E-state index contributed by atoms with van der Waals surface area (Å²) in [5.41, 5.74) is 4.48. The van der Waals surface area contributed by atoms with E-state index in [0.717, 1.165) is 5.56 Å². The van der Waals surface area contributed by atoms with E-state index in [0.29, 0.717) is 0 Å². The number of esters is 1. The second kappa shape index (κ2) is 8.78. The minimum Gasteiger partial charge on any atom is -0.548 e. The molecule has 7 nitrogen and oxygen atoms in total. The maximum atomic E-state index is 11.6. The Labute approximate surface area is 128 Å². The topological polar surface area (TPSA) is 123 Å². The fraction of sp³-hybridized carbons (Fsp3) is 0.400. The summed E-state index contributed by atoms with van der Waals surface area (Å²) in [6.45, 7) is 1.48. The molecule has 2 atom stereocenters. The minimum absolute atomic E-state index is 0.0358. The van der Waals surface area contributed by atoms with Crippen LogP contribution in [0.25, 0.3) is 0 Å². The van der Waals surface area contributed by atoms with Crippen molar-refractivity contribution in [2.45, 2.75) is 38.5 Å². The molecule has 0 bridgehead atoms. The number of carbonyl (C=O) groups excluding carboxylic acids is 3. The Hall–Kier alpha value is -2.41. The molecule has 0 unspecified atom stereocenters. The largest absolute Gasteiger partial charge is 0.548 e. The summed E-state index contributed by atoms with van der Waals surface area (Å²) in [6, 6.07) is 7.41. The number of aliphatic carboxylic acids is 1. The normalized spacial score (nSPS) is 13.0. The van der Waals surface area contributed by atoms with Crippen molar-refractivity contribution in [3.63, 3.8) is 0 Å². The number of nitrogens with one attached hydrogen (secondary N) is 1. The zero-order valence-electron chi connectivity index (χ0n) is 12.4. The highest BCUT2D eigenvalue weighted by Gasteiger charge is 2.20. The summed E-state index contributed by atoms with van der Waals surface area (Å²) in [4.78, 5) is 33.7. The molecule has 22 heavy (non-hydrogen) atoms. The summed E-state index contributed by atoms with van der Waals surface area (Å²) in [5, 5.41) is 12.8. The van der Waals surface area contributed by atoms with Crippen LogP contribution in [0.5, 0.6) is 0 Å². The van der Waals surface area contributed by atoms with Gasteiger partial charge in [0, 0.05) is 6.42 Å². The first-order chi connectivity index (χ1) is 10.4. The van der Waals surface area contributed by atoms with E-state index in [2.05, 4.69) is 11.1 Å². The molecular formula is C15H20N2O5. The van der Waals surface area contributed by atoms with Gasteiger partial charge in [0.25, 0.3) is 5.91 Å². The monoisotopic (exact) mass is 308 g/mol. The average molecular weight is 308 g/mol. The van der Waals surface area contributed by atoms with Gasteiger partial charge in [0.05, 0.1) is 18.4 Å². The maximum absolute atomic E-state index is 11.6. The van der Waals surface area contributed by atoms with Crippen LogP contribution in [-0.4, -0.2) is 29.9 Å². The fourth-order valence-corrected chi connectivity index (χ4v) is 1.62. The van der Waals surface area contributed by atoms with Crippen LogP contribution in [0.2, 0.25) is 0 Å². The second-order valence-corrected chi connectivity index (χ2v) is 4.93. The van der Waals surface area contributed by atoms with Gasteiger partial charge < -0.3 is 25.7 Å². The molecular weight excluding hydrogens is 288 g/mol. The van der Waals surface area contributed by atoms with Crippen molar-refractivity contribution in [3.05, 3.63) is 35.9 Å². The number of hydrogen-bond acceptors (Lipinski definition) is 5. The van der Waals surface area contributed by atoms with E-state index in [1.165, 1.54) is 6.92 Å². The molecule has 0 heterocycles. The van der Waals surface area contributed by atoms with Crippen molar-refractivity contribution in [1.29, 1.82) is 0 Å². The number of rotatable bonds is 8. The van der Waals surface area contributed by atoms with Gasteiger partial charge >= 0.3 is 5.97 Å². The number of carbonyl (C=O) groups is 3. The lowest BCUT2D eigenvalue weighted by Crippen LogP contribution is -2.68. The van der Waals surface area contributed by atoms with Gasteiger partial charge in [-0.1, -0.05) is 30.3 Å². The smallest absolute Gasteiger partial charge is 0.306 e. The van der Waals surface area contributed by atoms with Crippen LogP contribution in [0.15, 0.2) is 30.3 Å². The summed E-state index contributed by atoms with van der Waals surface area (Å²) >= 11 is 0. The molecule has 0 aliphatic rings. The lowest BCUT2D eigenvalue weighted by atomic mass is 10.1. The molecule has 0 aromatic heterocycles. The lowest BCUT2D eigenvalue weighted by molar-refractivity contribution is -0.405. The molecule has 1 amide bonds. The van der Waals surface area contributed by atoms with Crippen molar-refractivity contribution in [3.8, 4) is 0 Å². The number of quaternary nitrogens is 1. The van der Waals surface area contributed by atoms with Gasteiger partial charge in [0.1, 0.15) is 6.61 Å². The Morgan fingerprint density at radius 2 is 1.91 bits per heavy atom. The van der Waals surface area contributed by atoms with Crippen LogP contribution in [0.1, 0.15) is 25.3 Å². The first-order valence-electron chi connectivity index (χ1n) is 6.94. The number of hydrogen-bond donors (Lipinski definition) is 2. The van der Waals surface area contributed by atoms with Crippen molar-refractivity contribution in [1.82, 2.24) is 5.32 Å². The highest BCUT2D eigenvalue weighted by atomic mass is 16.5. The molecule has 1 aromatic carbocycles. The zero-order valence-corrected chi connectivity index (χ0v) is 12.4. The molecule has 0 fully saturated rings. The third kappa shape index (κ3) is 6.36. The zero-order chi connectivity index (χ0) is 16.5. The van der Waals surface area contributed by atoms with E-state index in [-0.39, 0.29) is 19.4 Å². The minimum atomic E-state index is -1.37. The molecule has 0 saturated carbocycles. The van der Waals surface area contributed by atoms with E-state index in [1.54, 1.807) is 0 Å². The Morgan fingerprint density at radius 1 is 1.27 bits per heavy atom. The third-order valence-electron chi connectivity index (χ3n) is 3.02. The SMILES string of the molecule is C[C@H](NC(=O)[C@H]([NH3+])CCC(=O)OCc1ccccc1)C(=O)[O-]. The second-order valence-electron chi connectivity index (χ2n) is 4.93. The molecule has 4 N–H and O–H groups in total. The number of benzene rings is 1. The van der Waals surface area contributed by atoms with E-state index < -0.39 is 29.9 Å². The number of carboxylic acid groups (broad SMARTS) is 1. The van der Waals surface area contributed by atoms with Gasteiger partial charge in [-0.15, -0.1) is 0 Å². The first kappa shape index (κ1) is 17.6. The number of amides is 1. The Kier molecular flexibility index (Phi) is 7.04. The van der Waals surface area contributed by atoms with Crippen molar-refractivity contribution in [2.75, 3.05) is 0 Å². The van der Waals surface area contributed by atoms with Crippen LogP contribution < -0.4 is 16.2 Å². The summed E-state index contributed by atoms with van der Waals surface area (Å²) in [6.07, 6.45) is 0.216. The number of carboxylic acids is 1. The predicted molar refractivity (Wildman–Crippen MR) is 74.8 cm³/mol. The summed E-state index contributed by atoms with van der Waals surface area (Å²) < 4.78 is 5.08. The molecule has 1 aromatic rings. The van der Waals surface area contributed by atoms with Gasteiger partial charge in [-0.05, 0) is 12.5 Å². The van der Waals surface area contributed by atoms with Crippen LogP contribution in [-0.2, 0) is 25.7 Å². The van der Waals surface area contributed by atoms with Crippen LogP contribution in [0.3, 0.4) is 0 Å². The van der Waals surface area contributed by atoms with E-state index >= 15 is 0 Å². The molecule has 0 radical (unpaired) electrons. The molecule has 0 aliphatic heterocycles. The van der Waals surface area contributed by atoms with E-state index in [1.807, 2.05) is 30.3 Å². The van der Waals surface area contributed by atoms with Crippen LogP contribution in [0.4, 0.5) is 0 Å². The molecule has 120 valence electrons. The molecule has 0 saturated heterocycles. The predicted octanol–water partition coefficient (Wildman–Crippen LogP) is -1.62. The Bertz CT molecular complexity index is 518. The van der Waals surface area contributed by atoms with Gasteiger partial charge in [-0.3, -0.25) is 9.59 Å². The average Bonchev–Trinajstić information content (AvgIpc) is 2.51. The standard InChI is InChI=1S/C15H20N2O5/c1-10(15(20)21)17-14(19)12(16)7-8-13(18)22-9-11-5-3-2-4-6-11/h2-6,10,12H,7-9,16H2,1H3,(H,17,19)(H,20,21)/t10-,12+/m0/s1. The van der Waals surface area contributed by atoms with Crippen molar-refractivity contribution >= 4 is 17.8 Å². The maximum Gasteiger partial charge on any atom is 0.306 e. The quantitative estimate of drug-likeness (QED) is 0.558. The van der Waals surface area contributed by atoms with Gasteiger partial charge in [0.2, 0.25) is 0 Å². The molecule has 0 aliphatic carbocycles. The lowest BCUT2D eigenvalue weighted by Gasteiger charge is -2.16. The van der Waals surface area contributed by atoms with Gasteiger partial charge in [-0.25, -0.2) is 0 Å². The van der Waals surface area contributed by atoms with Gasteiger partial charge in [0.15, 0.2) is 6.04 Å². The van der Waals surface area contributed by atoms with Gasteiger partial charge in [-0.2, -0.15) is 0 Å². The van der Waals surface area contributed by atoms with Crippen LogP contribution >= 0.6 is 0 Å². The Morgan fingerprint density at radius 3 is 2.50 bits per heavy atom. The van der Waals surface area contributed by atoms with E-state index in [4.69, 9.17) is 4.74 Å². The van der Waals surface area contributed by atoms with Crippen molar-refractivity contribution in [2.24, 2.45) is 0 Å². The summed E-state index contributed by atoms with van der Waals surface area (Å²) in [7, 11) is 0.